The van der Waals surface area contributed by atoms with E-state index in [0.717, 1.165) is 5.56 Å². The monoisotopic (exact) mass is 336 g/mol. The van der Waals surface area contributed by atoms with Gasteiger partial charge in [0.05, 0.1) is 18.2 Å². The fraction of sp³-hybridized carbons (Fsp3) is 0.211. The van der Waals surface area contributed by atoms with Crippen LogP contribution >= 0.6 is 0 Å². The van der Waals surface area contributed by atoms with E-state index in [0.29, 0.717) is 23.5 Å². The zero-order valence-corrected chi connectivity index (χ0v) is 14.2. The van der Waals surface area contributed by atoms with Gasteiger partial charge < -0.3 is 10.6 Å². The van der Waals surface area contributed by atoms with Crippen LogP contribution in [0.3, 0.4) is 0 Å². The van der Waals surface area contributed by atoms with Gasteiger partial charge in [0, 0.05) is 24.8 Å². The van der Waals surface area contributed by atoms with E-state index in [9.17, 15) is 9.59 Å². The summed E-state index contributed by atoms with van der Waals surface area (Å²) in [5.41, 5.74) is 2.93. The molecule has 0 unspecified atom stereocenters. The van der Waals surface area contributed by atoms with Crippen LogP contribution in [0.15, 0.2) is 48.5 Å². The van der Waals surface area contributed by atoms with Crippen LogP contribution < -0.4 is 10.6 Å². The van der Waals surface area contributed by atoms with Crippen molar-refractivity contribution in [1.82, 2.24) is 4.90 Å². The Morgan fingerprint density at radius 3 is 2.32 bits per heavy atom. The molecule has 0 fully saturated rings. The van der Waals surface area contributed by atoms with E-state index in [1.165, 1.54) is 6.92 Å². The number of hydrogen-bond acceptors (Lipinski definition) is 4. The minimum absolute atomic E-state index is 0.133. The summed E-state index contributed by atoms with van der Waals surface area (Å²) < 4.78 is 0. The lowest BCUT2D eigenvalue weighted by atomic mass is 10.1. The molecule has 0 aromatic heterocycles. The summed E-state index contributed by atoms with van der Waals surface area (Å²) >= 11 is 0. The molecule has 128 valence electrons. The Bertz CT molecular complexity index is 794. The lowest BCUT2D eigenvalue weighted by Crippen LogP contribution is -2.29. The first-order valence-corrected chi connectivity index (χ1v) is 7.81. The van der Waals surface area contributed by atoms with Crippen molar-refractivity contribution in [3.05, 3.63) is 59.7 Å². The lowest BCUT2D eigenvalue weighted by molar-refractivity contribution is -0.117. The second kappa shape index (κ2) is 8.62. The van der Waals surface area contributed by atoms with Gasteiger partial charge in [-0.15, -0.1) is 0 Å². The van der Waals surface area contributed by atoms with Gasteiger partial charge >= 0.3 is 0 Å². The Morgan fingerprint density at radius 1 is 1.08 bits per heavy atom. The van der Waals surface area contributed by atoms with Gasteiger partial charge in [0.2, 0.25) is 11.8 Å². The van der Waals surface area contributed by atoms with Gasteiger partial charge in [-0.3, -0.25) is 14.5 Å². The van der Waals surface area contributed by atoms with Crippen LogP contribution in [0.2, 0.25) is 0 Å². The Hall–Kier alpha value is -3.17. The SMILES string of the molecule is CC(=O)Nc1ccc(NC(=O)CN(C)Cc2cccc(C#N)c2)cc1. The van der Waals surface area contributed by atoms with Crippen molar-refractivity contribution in [3.8, 4) is 6.07 Å². The molecule has 0 atom stereocenters. The van der Waals surface area contributed by atoms with Crippen LogP contribution in [0.4, 0.5) is 11.4 Å². The average molecular weight is 336 g/mol. The predicted octanol–water partition coefficient (Wildman–Crippen LogP) is 2.59. The molecule has 6 heteroatoms. The Labute approximate surface area is 147 Å². The van der Waals surface area contributed by atoms with Crippen LogP contribution in [0.25, 0.3) is 0 Å². The summed E-state index contributed by atoms with van der Waals surface area (Å²) in [7, 11) is 1.85. The lowest BCUT2D eigenvalue weighted by Gasteiger charge is -2.16. The molecule has 0 heterocycles. The number of nitrogens with zero attached hydrogens (tertiary/aromatic N) is 2. The molecule has 0 aliphatic rings. The highest BCUT2D eigenvalue weighted by Gasteiger charge is 2.08. The number of likely N-dealkylation sites (N-methyl/N-ethyl adjacent to an activating group) is 1. The number of anilines is 2. The first-order valence-electron chi connectivity index (χ1n) is 7.81. The third-order valence-corrected chi connectivity index (χ3v) is 3.41. The Kier molecular flexibility index (Phi) is 6.26. The van der Waals surface area contributed by atoms with Crippen LogP contribution in [-0.4, -0.2) is 30.3 Å². The van der Waals surface area contributed by atoms with E-state index in [-0.39, 0.29) is 18.4 Å². The van der Waals surface area contributed by atoms with Crippen molar-refractivity contribution in [2.75, 3.05) is 24.2 Å². The predicted molar refractivity (Wildman–Crippen MR) is 96.9 cm³/mol. The summed E-state index contributed by atoms with van der Waals surface area (Å²) in [6.07, 6.45) is 0. The third kappa shape index (κ3) is 6.09. The van der Waals surface area contributed by atoms with Crippen LogP contribution in [0.1, 0.15) is 18.1 Å². The number of nitrogens with one attached hydrogen (secondary N) is 2. The maximum atomic E-state index is 12.1. The molecule has 2 rings (SSSR count). The van der Waals surface area contributed by atoms with Gasteiger partial charge in [-0.05, 0) is 49.0 Å². The van der Waals surface area contributed by atoms with Crippen molar-refractivity contribution < 1.29 is 9.59 Å². The first-order chi connectivity index (χ1) is 12.0. The summed E-state index contributed by atoms with van der Waals surface area (Å²) in [5.74, 6) is -0.273. The van der Waals surface area contributed by atoms with Crippen molar-refractivity contribution in [3.63, 3.8) is 0 Å². The molecular formula is C19H20N4O2. The molecule has 0 saturated heterocycles. The number of carbonyl (C=O) groups is 2. The second-order valence-electron chi connectivity index (χ2n) is 5.79. The van der Waals surface area contributed by atoms with Crippen molar-refractivity contribution in [1.29, 1.82) is 5.26 Å². The van der Waals surface area contributed by atoms with Gasteiger partial charge in [-0.2, -0.15) is 5.26 Å². The summed E-state index contributed by atoms with van der Waals surface area (Å²) in [6.45, 7) is 2.24. The summed E-state index contributed by atoms with van der Waals surface area (Å²) in [5, 5.41) is 14.4. The highest BCUT2D eigenvalue weighted by atomic mass is 16.2. The van der Waals surface area contributed by atoms with E-state index in [4.69, 9.17) is 5.26 Å². The fourth-order valence-corrected chi connectivity index (χ4v) is 2.39. The number of rotatable bonds is 6. The largest absolute Gasteiger partial charge is 0.326 e. The van der Waals surface area contributed by atoms with Crippen LogP contribution in [0, 0.1) is 11.3 Å². The highest BCUT2D eigenvalue weighted by Crippen LogP contribution is 2.13. The Morgan fingerprint density at radius 2 is 1.72 bits per heavy atom. The molecule has 0 aliphatic heterocycles. The van der Waals surface area contributed by atoms with E-state index >= 15 is 0 Å². The van der Waals surface area contributed by atoms with Gasteiger partial charge in [-0.25, -0.2) is 0 Å². The van der Waals surface area contributed by atoms with Gasteiger partial charge in [0.1, 0.15) is 0 Å². The van der Waals surface area contributed by atoms with E-state index < -0.39 is 0 Å². The van der Waals surface area contributed by atoms with E-state index in [1.807, 2.05) is 30.1 Å². The van der Waals surface area contributed by atoms with Crippen molar-refractivity contribution in [2.45, 2.75) is 13.5 Å². The maximum Gasteiger partial charge on any atom is 0.238 e. The molecule has 0 saturated carbocycles. The molecule has 6 nitrogen and oxygen atoms in total. The molecule has 2 aromatic rings. The molecule has 2 aromatic carbocycles. The topological polar surface area (TPSA) is 85.2 Å². The molecule has 0 aliphatic carbocycles. The Balaban J connectivity index is 1.86. The zero-order valence-electron chi connectivity index (χ0n) is 14.2. The van der Waals surface area contributed by atoms with Gasteiger partial charge in [0.15, 0.2) is 0 Å². The molecule has 0 spiro atoms. The standard InChI is InChI=1S/C19H20N4O2/c1-14(24)21-17-6-8-18(9-7-17)22-19(25)13-23(2)12-16-5-3-4-15(10-16)11-20/h3-10H,12-13H2,1-2H3,(H,21,24)(H,22,25). The van der Waals surface area contributed by atoms with Crippen molar-refractivity contribution in [2.24, 2.45) is 0 Å². The highest BCUT2D eigenvalue weighted by molar-refractivity contribution is 5.93. The molecule has 0 bridgehead atoms. The molecule has 25 heavy (non-hydrogen) atoms. The molecule has 2 N–H and O–H groups in total. The summed E-state index contributed by atoms with van der Waals surface area (Å²) in [6, 6.07) is 16.4. The fourth-order valence-electron chi connectivity index (χ4n) is 2.39. The minimum atomic E-state index is -0.140. The molecular weight excluding hydrogens is 316 g/mol. The summed E-state index contributed by atoms with van der Waals surface area (Å²) in [4.78, 5) is 25.0. The number of hydrogen-bond donors (Lipinski definition) is 2. The zero-order chi connectivity index (χ0) is 18.2. The number of nitriles is 1. The van der Waals surface area contributed by atoms with Gasteiger partial charge in [-0.1, -0.05) is 12.1 Å². The molecule has 0 radical (unpaired) electrons. The van der Waals surface area contributed by atoms with E-state index in [1.54, 1.807) is 30.3 Å². The normalized spacial score (nSPS) is 10.2. The smallest absolute Gasteiger partial charge is 0.238 e. The van der Waals surface area contributed by atoms with Gasteiger partial charge in [0.25, 0.3) is 0 Å². The van der Waals surface area contributed by atoms with Crippen LogP contribution in [-0.2, 0) is 16.1 Å². The number of benzene rings is 2. The second-order valence-corrected chi connectivity index (χ2v) is 5.79. The molecule has 2 amide bonds. The van der Waals surface area contributed by atoms with E-state index in [2.05, 4.69) is 16.7 Å². The number of amides is 2. The average Bonchev–Trinajstić information content (AvgIpc) is 2.56. The maximum absolute atomic E-state index is 12.1. The first kappa shape index (κ1) is 18.2. The van der Waals surface area contributed by atoms with Crippen molar-refractivity contribution >= 4 is 23.2 Å². The minimum Gasteiger partial charge on any atom is -0.326 e. The number of carbonyl (C=O) groups excluding carboxylic acids is 2. The quantitative estimate of drug-likeness (QED) is 0.849. The van der Waals surface area contributed by atoms with Crippen LogP contribution in [0.5, 0.6) is 0 Å². The third-order valence-electron chi connectivity index (χ3n) is 3.41.